The minimum Gasteiger partial charge on any atom is -0.379 e. The monoisotopic (exact) mass is 285 g/mol. The molecule has 1 amide bonds. The number of anilines is 1. The zero-order valence-corrected chi connectivity index (χ0v) is 11.9. The molecule has 0 aromatic carbocycles. The van der Waals surface area contributed by atoms with E-state index in [1.165, 1.54) is 0 Å². The maximum absolute atomic E-state index is 11.6. The Morgan fingerprint density at radius 1 is 1.53 bits per heavy atom. The highest BCUT2D eigenvalue weighted by Gasteiger charge is 2.10. The van der Waals surface area contributed by atoms with Crippen LogP contribution in [0.5, 0.6) is 0 Å². The van der Waals surface area contributed by atoms with Gasteiger partial charge in [-0.3, -0.25) is 9.69 Å². The van der Waals surface area contributed by atoms with Gasteiger partial charge in [0.1, 0.15) is 5.76 Å². The molecule has 6 nitrogen and oxygen atoms in total. The summed E-state index contributed by atoms with van der Waals surface area (Å²) >= 11 is 1.63. The van der Waals surface area contributed by atoms with Gasteiger partial charge in [-0.05, 0) is 6.92 Å². The number of rotatable bonds is 6. The van der Waals surface area contributed by atoms with Gasteiger partial charge in [0.25, 0.3) is 0 Å². The standard InChI is InChI=1S/C12H19N3O3S/c1-10-8-11(14-18-10)13-12(16)9-19-7-4-15-2-5-17-6-3-15/h8H,2-7,9H2,1H3,(H,13,14,16). The van der Waals surface area contributed by atoms with Crippen LogP contribution in [0.2, 0.25) is 0 Å². The van der Waals surface area contributed by atoms with Crippen LogP contribution in [0.15, 0.2) is 10.6 Å². The Morgan fingerprint density at radius 2 is 2.32 bits per heavy atom. The summed E-state index contributed by atoms with van der Waals surface area (Å²) in [5, 5.41) is 6.42. The molecule has 0 unspecified atom stereocenters. The fourth-order valence-electron chi connectivity index (χ4n) is 1.79. The van der Waals surface area contributed by atoms with Crippen molar-refractivity contribution >= 4 is 23.5 Å². The lowest BCUT2D eigenvalue weighted by Crippen LogP contribution is -2.37. The molecular formula is C12H19N3O3S. The van der Waals surface area contributed by atoms with Crippen molar-refractivity contribution in [2.24, 2.45) is 0 Å². The van der Waals surface area contributed by atoms with E-state index >= 15 is 0 Å². The van der Waals surface area contributed by atoms with E-state index in [4.69, 9.17) is 9.26 Å². The zero-order chi connectivity index (χ0) is 13.5. The van der Waals surface area contributed by atoms with Crippen molar-refractivity contribution in [3.63, 3.8) is 0 Å². The number of amides is 1. The first-order valence-electron chi connectivity index (χ1n) is 6.35. The second kappa shape index (κ2) is 7.52. The number of aromatic nitrogens is 1. The Kier molecular flexibility index (Phi) is 5.68. The first kappa shape index (κ1) is 14.4. The van der Waals surface area contributed by atoms with Crippen LogP contribution in [0.25, 0.3) is 0 Å². The molecule has 0 spiro atoms. The van der Waals surface area contributed by atoms with Gasteiger partial charge >= 0.3 is 0 Å². The van der Waals surface area contributed by atoms with Crippen LogP contribution in [-0.4, -0.2) is 60.3 Å². The lowest BCUT2D eigenvalue weighted by Gasteiger charge is -2.26. The van der Waals surface area contributed by atoms with Crippen LogP contribution >= 0.6 is 11.8 Å². The average molecular weight is 285 g/mol. The van der Waals surface area contributed by atoms with Crippen molar-refractivity contribution in [2.75, 3.05) is 49.7 Å². The number of carbonyl (C=O) groups is 1. The Bertz CT molecular complexity index is 405. The fraction of sp³-hybridized carbons (Fsp3) is 0.667. The van der Waals surface area contributed by atoms with E-state index in [2.05, 4.69) is 15.4 Å². The second-order valence-corrected chi connectivity index (χ2v) is 5.48. The molecule has 0 radical (unpaired) electrons. The van der Waals surface area contributed by atoms with Crippen molar-refractivity contribution in [3.8, 4) is 0 Å². The predicted octanol–water partition coefficient (Wildman–Crippen LogP) is 0.987. The molecule has 2 heterocycles. The van der Waals surface area contributed by atoms with Gasteiger partial charge < -0.3 is 14.6 Å². The number of thioether (sulfide) groups is 1. The molecule has 0 atom stereocenters. The van der Waals surface area contributed by atoms with Crippen molar-refractivity contribution < 1.29 is 14.1 Å². The number of hydrogen-bond donors (Lipinski definition) is 1. The van der Waals surface area contributed by atoms with Crippen molar-refractivity contribution in [2.45, 2.75) is 6.92 Å². The Balaban J connectivity index is 1.56. The summed E-state index contributed by atoms with van der Waals surface area (Å²) in [6, 6.07) is 1.70. The Labute approximate surface area is 116 Å². The minimum absolute atomic E-state index is 0.0414. The van der Waals surface area contributed by atoms with E-state index in [0.717, 1.165) is 38.6 Å². The van der Waals surface area contributed by atoms with Crippen molar-refractivity contribution in [1.29, 1.82) is 0 Å². The predicted molar refractivity (Wildman–Crippen MR) is 74.5 cm³/mol. The molecule has 19 heavy (non-hydrogen) atoms. The summed E-state index contributed by atoms with van der Waals surface area (Å²) in [4.78, 5) is 14.0. The smallest absolute Gasteiger partial charge is 0.235 e. The molecular weight excluding hydrogens is 266 g/mol. The normalized spacial score (nSPS) is 16.5. The van der Waals surface area contributed by atoms with Gasteiger partial charge in [0.2, 0.25) is 5.91 Å². The molecule has 0 saturated carbocycles. The molecule has 1 aromatic rings. The molecule has 1 saturated heterocycles. The molecule has 7 heteroatoms. The second-order valence-electron chi connectivity index (χ2n) is 4.38. The van der Waals surface area contributed by atoms with Gasteiger partial charge in [0.05, 0.1) is 19.0 Å². The van der Waals surface area contributed by atoms with Crippen molar-refractivity contribution in [1.82, 2.24) is 10.1 Å². The third kappa shape index (κ3) is 5.22. The molecule has 0 aliphatic carbocycles. The van der Waals surface area contributed by atoms with Crippen LogP contribution in [0.1, 0.15) is 5.76 Å². The maximum atomic E-state index is 11.6. The zero-order valence-electron chi connectivity index (χ0n) is 11.1. The number of morpholine rings is 1. The van der Waals surface area contributed by atoms with Crippen LogP contribution in [-0.2, 0) is 9.53 Å². The number of ether oxygens (including phenoxy) is 1. The maximum Gasteiger partial charge on any atom is 0.235 e. The van der Waals surface area contributed by atoms with Gasteiger partial charge in [0.15, 0.2) is 5.82 Å². The topological polar surface area (TPSA) is 67.6 Å². The first-order chi connectivity index (χ1) is 9.24. The van der Waals surface area contributed by atoms with Crippen LogP contribution < -0.4 is 5.32 Å². The molecule has 1 fully saturated rings. The van der Waals surface area contributed by atoms with E-state index in [-0.39, 0.29) is 5.91 Å². The van der Waals surface area contributed by atoms with Crippen LogP contribution in [0.4, 0.5) is 5.82 Å². The molecule has 1 aliphatic rings. The number of aryl methyl sites for hydroxylation is 1. The van der Waals surface area contributed by atoms with E-state index in [1.807, 2.05) is 0 Å². The van der Waals surface area contributed by atoms with Gasteiger partial charge in [-0.15, -0.1) is 0 Å². The van der Waals surface area contributed by atoms with E-state index in [9.17, 15) is 4.79 Å². The third-order valence-corrected chi connectivity index (χ3v) is 3.72. The molecule has 106 valence electrons. The van der Waals surface area contributed by atoms with Gasteiger partial charge in [-0.2, -0.15) is 11.8 Å². The fourth-order valence-corrected chi connectivity index (χ4v) is 2.58. The minimum atomic E-state index is -0.0414. The number of nitrogens with zero attached hydrogens (tertiary/aromatic N) is 2. The molecule has 2 rings (SSSR count). The van der Waals surface area contributed by atoms with E-state index in [0.29, 0.717) is 17.3 Å². The lowest BCUT2D eigenvalue weighted by atomic mass is 10.4. The third-order valence-electron chi connectivity index (χ3n) is 2.78. The number of nitrogens with one attached hydrogen (secondary N) is 1. The molecule has 1 N–H and O–H groups in total. The SMILES string of the molecule is Cc1cc(NC(=O)CSCCN2CCOCC2)no1. The summed E-state index contributed by atoms with van der Waals surface area (Å²) in [6.45, 7) is 6.41. The van der Waals surface area contributed by atoms with Gasteiger partial charge in [-0.1, -0.05) is 5.16 Å². The van der Waals surface area contributed by atoms with E-state index < -0.39 is 0 Å². The molecule has 1 aromatic heterocycles. The summed E-state index contributed by atoms with van der Waals surface area (Å²) in [7, 11) is 0. The van der Waals surface area contributed by atoms with E-state index in [1.54, 1.807) is 24.8 Å². The van der Waals surface area contributed by atoms with Gasteiger partial charge in [-0.25, -0.2) is 0 Å². The quantitative estimate of drug-likeness (QED) is 0.786. The molecule has 0 bridgehead atoms. The molecule has 1 aliphatic heterocycles. The number of carbonyl (C=O) groups excluding carboxylic acids is 1. The van der Waals surface area contributed by atoms with Crippen LogP contribution in [0.3, 0.4) is 0 Å². The highest BCUT2D eigenvalue weighted by atomic mass is 32.2. The van der Waals surface area contributed by atoms with Crippen molar-refractivity contribution in [3.05, 3.63) is 11.8 Å². The summed E-state index contributed by atoms with van der Waals surface area (Å²) in [5.74, 6) is 2.52. The highest BCUT2D eigenvalue weighted by molar-refractivity contribution is 7.99. The first-order valence-corrected chi connectivity index (χ1v) is 7.50. The van der Waals surface area contributed by atoms with Crippen LogP contribution in [0, 0.1) is 6.92 Å². The summed E-state index contributed by atoms with van der Waals surface area (Å²) in [5.41, 5.74) is 0. The average Bonchev–Trinajstić information content (AvgIpc) is 2.81. The number of hydrogen-bond acceptors (Lipinski definition) is 6. The summed E-state index contributed by atoms with van der Waals surface area (Å²) < 4.78 is 10.2. The van der Waals surface area contributed by atoms with Gasteiger partial charge in [0, 0.05) is 31.5 Å². The largest absolute Gasteiger partial charge is 0.379 e. The summed E-state index contributed by atoms with van der Waals surface area (Å²) in [6.07, 6.45) is 0. The highest BCUT2D eigenvalue weighted by Crippen LogP contribution is 2.09. The Morgan fingerprint density at radius 3 is 3.00 bits per heavy atom. The lowest BCUT2D eigenvalue weighted by molar-refractivity contribution is -0.113. The Hall–Kier alpha value is -1.05.